The van der Waals surface area contributed by atoms with Crippen LogP contribution in [-0.2, 0) is 10.2 Å². The van der Waals surface area contributed by atoms with Crippen molar-refractivity contribution in [3.05, 3.63) is 82.9 Å². The van der Waals surface area contributed by atoms with Crippen molar-refractivity contribution in [2.45, 2.75) is 24.2 Å². The lowest BCUT2D eigenvalue weighted by molar-refractivity contribution is -0.131. The van der Waals surface area contributed by atoms with Crippen LogP contribution in [0.2, 0.25) is 0 Å². The van der Waals surface area contributed by atoms with Gasteiger partial charge in [-0.2, -0.15) is 0 Å². The Hall–Kier alpha value is -2.35. The van der Waals surface area contributed by atoms with Crippen LogP contribution < -0.4 is 0 Å². The molecule has 2 heteroatoms. The third kappa shape index (κ3) is 1.62. The van der Waals surface area contributed by atoms with E-state index < -0.39 is 5.97 Å². The molecule has 0 unspecified atom stereocenters. The SMILES string of the molecule is O=C(O)C=CCC12CC(c3ccccc31)c1ccccc12. The fourth-order valence-electron chi connectivity index (χ4n) is 4.24. The van der Waals surface area contributed by atoms with Crippen molar-refractivity contribution in [3.63, 3.8) is 0 Å². The molecule has 2 aliphatic rings. The van der Waals surface area contributed by atoms with Crippen LogP contribution in [0.25, 0.3) is 0 Å². The van der Waals surface area contributed by atoms with E-state index in [1.54, 1.807) is 0 Å². The van der Waals surface area contributed by atoms with Crippen LogP contribution in [-0.4, -0.2) is 11.1 Å². The molecule has 0 saturated carbocycles. The number of benzene rings is 2. The Bertz CT molecular complexity index is 710. The van der Waals surface area contributed by atoms with Crippen molar-refractivity contribution in [1.29, 1.82) is 0 Å². The number of hydrogen-bond acceptors (Lipinski definition) is 1. The highest BCUT2D eigenvalue weighted by molar-refractivity contribution is 5.79. The van der Waals surface area contributed by atoms with Crippen molar-refractivity contribution in [2.75, 3.05) is 0 Å². The Balaban J connectivity index is 1.88. The van der Waals surface area contributed by atoms with Crippen LogP contribution in [0.15, 0.2) is 60.7 Å². The summed E-state index contributed by atoms with van der Waals surface area (Å²) in [5, 5.41) is 8.86. The van der Waals surface area contributed by atoms with Crippen molar-refractivity contribution in [2.24, 2.45) is 0 Å². The maximum absolute atomic E-state index is 10.8. The number of carbonyl (C=O) groups is 1. The van der Waals surface area contributed by atoms with E-state index in [1.165, 1.54) is 28.3 Å². The van der Waals surface area contributed by atoms with E-state index in [2.05, 4.69) is 48.5 Å². The largest absolute Gasteiger partial charge is 0.478 e. The standard InChI is InChI=1S/C19H16O2/c20-18(21)10-5-11-19-12-15(13-6-1-3-8-16(13)19)14-7-2-4-9-17(14)19/h1-10,15H,11-12H2,(H,20,21). The molecule has 2 aromatic rings. The van der Waals surface area contributed by atoms with E-state index in [0.29, 0.717) is 5.92 Å². The molecule has 0 aliphatic heterocycles. The van der Waals surface area contributed by atoms with Gasteiger partial charge in [0.25, 0.3) is 0 Å². The zero-order valence-electron chi connectivity index (χ0n) is 11.6. The van der Waals surface area contributed by atoms with E-state index in [0.717, 1.165) is 12.8 Å². The van der Waals surface area contributed by atoms with Gasteiger partial charge in [-0.05, 0) is 35.1 Å². The van der Waals surface area contributed by atoms with Gasteiger partial charge in [0.05, 0.1) is 0 Å². The number of allylic oxidation sites excluding steroid dienone is 1. The van der Waals surface area contributed by atoms with Crippen molar-refractivity contribution in [1.82, 2.24) is 0 Å². The minimum absolute atomic E-state index is 0.0379. The molecule has 0 radical (unpaired) electrons. The van der Waals surface area contributed by atoms with Crippen molar-refractivity contribution < 1.29 is 9.90 Å². The summed E-state index contributed by atoms with van der Waals surface area (Å²) in [6, 6.07) is 17.2. The number of rotatable bonds is 3. The number of fused-ring (bicyclic) bond motifs is 8. The van der Waals surface area contributed by atoms with E-state index in [4.69, 9.17) is 5.11 Å². The first-order valence-electron chi connectivity index (χ1n) is 7.31. The Kier molecular flexibility index (Phi) is 2.55. The molecule has 4 rings (SSSR count). The average molecular weight is 276 g/mol. The molecule has 0 saturated heterocycles. The van der Waals surface area contributed by atoms with Crippen LogP contribution in [0.1, 0.15) is 41.0 Å². The predicted octanol–water partition coefficient (Wildman–Crippen LogP) is 3.85. The summed E-state index contributed by atoms with van der Waals surface area (Å²) in [5.74, 6) is -0.406. The van der Waals surface area contributed by atoms with Crippen LogP contribution in [0, 0.1) is 0 Å². The number of hydrogen-bond donors (Lipinski definition) is 1. The van der Waals surface area contributed by atoms with E-state index >= 15 is 0 Å². The second-order valence-electron chi connectivity index (χ2n) is 5.96. The van der Waals surface area contributed by atoms with Crippen molar-refractivity contribution in [3.8, 4) is 0 Å². The Labute approximate surface area is 123 Å². The van der Waals surface area contributed by atoms with Gasteiger partial charge >= 0.3 is 5.97 Å². The van der Waals surface area contributed by atoms with Gasteiger partial charge < -0.3 is 5.11 Å². The monoisotopic (exact) mass is 276 g/mol. The molecule has 0 heterocycles. The normalized spacial score (nSPS) is 25.0. The fraction of sp³-hybridized carbons (Fsp3) is 0.211. The first-order valence-corrected chi connectivity index (χ1v) is 7.31. The molecule has 2 aromatic carbocycles. The second kappa shape index (κ2) is 4.32. The summed E-state index contributed by atoms with van der Waals surface area (Å²) < 4.78 is 0. The number of aliphatic carboxylic acids is 1. The molecule has 104 valence electrons. The quantitative estimate of drug-likeness (QED) is 0.864. The molecule has 1 N–H and O–H groups in total. The summed E-state index contributed by atoms with van der Waals surface area (Å²) in [6.07, 6.45) is 4.90. The van der Waals surface area contributed by atoms with Gasteiger partial charge in [-0.15, -0.1) is 0 Å². The lowest BCUT2D eigenvalue weighted by atomic mass is 9.73. The van der Waals surface area contributed by atoms with Crippen LogP contribution >= 0.6 is 0 Å². The lowest BCUT2D eigenvalue weighted by Gasteiger charge is -2.30. The van der Waals surface area contributed by atoms with E-state index in [9.17, 15) is 4.79 Å². The van der Waals surface area contributed by atoms with Gasteiger partial charge in [-0.1, -0.05) is 54.6 Å². The molecular weight excluding hydrogens is 260 g/mol. The van der Waals surface area contributed by atoms with E-state index in [-0.39, 0.29) is 5.41 Å². The Morgan fingerprint density at radius 3 is 2.24 bits per heavy atom. The third-order valence-electron chi connectivity index (χ3n) is 4.98. The van der Waals surface area contributed by atoms with Gasteiger partial charge in [-0.25, -0.2) is 4.79 Å². The molecule has 21 heavy (non-hydrogen) atoms. The minimum Gasteiger partial charge on any atom is -0.478 e. The fourth-order valence-corrected chi connectivity index (χ4v) is 4.24. The zero-order chi connectivity index (χ0) is 14.4. The third-order valence-corrected chi connectivity index (χ3v) is 4.98. The van der Waals surface area contributed by atoms with Gasteiger partial charge in [0.2, 0.25) is 0 Å². The smallest absolute Gasteiger partial charge is 0.327 e. The van der Waals surface area contributed by atoms with Crippen LogP contribution in [0.3, 0.4) is 0 Å². The molecule has 2 nitrogen and oxygen atoms in total. The molecular formula is C19H16O2. The summed E-state index contributed by atoms with van der Waals surface area (Å²) in [4.78, 5) is 10.8. The highest BCUT2D eigenvalue weighted by Crippen LogP contribution is 2.61. The Morgan fingerprint density at radius 2 is 1.67 bits per heavy atom. The van der Waals surface area contributed by atoms with Crippen LogP contribution in [0.5, 0.6) is 0 Å². The predicted molar refractivity (Wildman–Crippen MR) is 81.5 cm³/mol. The van der Waals surface area contributed by atoms with Gasteiger partial charge in [0.1, 0.15) is 0 Å². The molecule has 0 aromatic heterocycles. The van der Waals surface area contributed by atoms with Gasteiger partial charge in [0, 0.05) is 17.4 Å². The molecule has 0 spiro atoms. The summed E-state index contributed by atoms with van der Waals surface area (Å²) in [5.41, 5.74) is 5.55. The second-order valence-corrected chi connectivity index (χ2v) is 5.96. The highest BCUT2D eigenvalue weighted by atomic mass is 16.4. The van der Waals surface area contributed by atoms with E-state index in [1.807, 2.05) is 6.08 Å². The Morgan fingerprint density at radius 1 is 1.10 bits per heavy atom. The maximum Gasteiger partial charge on any atom is 0.327 e. The van der Waals surface area contributed by atoms with Crippen LogP contribution in [0.4, 0.5) is 0 Å². The first-order chi connectivity index (χ1) is 10.2. The maximum atomic E-state index is 10.8. The molecule has 0 atom stereocenters. The molecule has 0 amide bonds. The van der Waals surface area contributed by atoms with Gasteiger partial charge in [-0.3, -0.25) is 0 Å². The topological polar surface area (TPSA) is 37.3 Å². The van der Waals surface area contributed by atoms with Crippen molar-refractivity contribution >= 4 is 5.97 Å². The summed E-state index contributed by atoms with van der Waals surface area (Å²) in [6.45, 7) is 0. The van der Waals surface area contributed by atoms with Gasteiger partial charge in [0.15, 0.2) is 0 Å². The molecule has 0 fully saturated rings. The number of carboxylic acid groups (broad SMARTS) is 1. The molecule has 2 bridgehead atoms. The highest BCUT2D eigenvalue weighted by Gasteiger charge is 2.51. The minimum atomic E-state index is -0.875. The number of carboxylic acids is 1. The summed E-state index contributed by atoms with van der Waals surface area (Å²) >= 11 is 0. The average Bonchev–Trinajstić information content (AvgIpc) is 3.00. The zero-order valence-corrected chi connectivity index (χ0v) is 11.6. The summed E-state index contributed by atoms with van der Waals surface area (Å²) in [7, 11) is 0. The first kappa shape index (κ1) is 12.4. The lowest BCUT2D eigenvalue weighted by Crippen LogP contribution is -2.23. The molecule has 2 aliphatic carbocycles.